The van der Waals surface area contributed by atoms with Crippen molar-refractivity contribution in [1.82, 2.24) is 0 Å². The van der Waals surface area contributed by atoms with Gasteiger partial charge in [-0.05, 0) is 33.4 Å². The van der Waals surface area contributed by atoms with Gasteiger partial charge in [0.25, 0.3) is 0 Å². The molecule has 0 amide bonds. The molecule has 38 heavy (non-hydrogen) atoms. The second-order valence-corrected chi connectivity index (χ2v) is 9.74. The Balaban J connectivity index is 0.000000247. The number of hydrogen-bond donors (Lipinski definition) is 1. The maximum atomic E-state index is 12.2. The highest BCUT2D eigenvalue weighted by molar-refractivity contribution is 7.87. The van der Waals surface area contributed by atoms with E-state index in [1.807, 2.05) is 0 Å². The fourth-order valence-corrected chi connectivity index (χ4v) is 4.11. The summed E-state index contributed by atoms with van der Waals surface area (Å²) in [7, 11) is -6.61. The molecule has 0 saturated heterocycles. The molecule has 0 saturated carbocycles. The summed E-state index contributed by atoms with van der Waals surface area (Å²) in [6.45, 7) is -0.591. The van der Waals surface area contributed by atoms with Crippen LogP contribution < -0.4 is 0 Å². The Hall–Kier alpha value is -3.63. The Morgan fingerprint density at radius 2 is 0.895 bits per heavy atom. The second-order valence-electron chi connectivity index (χ2n) is 8.28. The van der Waals surface area contributed by atoms with Crippen LogP contribution in [0.1, 0.15) is 6.92 Å². The van der Waals surface area contributed by atoms with Gasteiger partial charge in [0.2, 0.25) is 0 Å². The van der Waals surface area contributed by atoms with Crippen molar-refractivity contribution in [2.75, 3.05) is 0 Å². The average molecular weight is 553 g/mol. The summed E-state index contributed by atoms with van der Waals surface area (Å²) in [5.41, 5.74) is 7.56. The zero-order valence-electron chi connectivity index (χ0n) is 19.8. The monoisotopic (exact) mass is 552 g/mol. The Morgan fingerprint density at radius 1 is 0.553 bits per heavy atom. The van der Waals surface area contributed by atoms with Crippen molar-refractivity contribution < 1.29 is 39.3 Å². The lowest BCUT2D eigenvalue weighted by atomic mass is 9.88. The third-order valence-corrected chi connectivity index (χ3v) is 6.44. The van der Waals surface area contributed by atoms with E-state index in [9.17, 15) is 34.8 Å². The largest absolute Gasteiger partial charge is 0.437 e. The van der Waals surface area contributed by atoms with Gasteiger partial charge in [-0.25, -0.2) is 0 Å². The molecule has 3 nitrogen and oxygen atoms in total. The van der Waals surface area contributed by atoms with E-state index < -0.39 is 34.1 Å². The molecule has 0 radical (unpaired) electrons. The first-order valence-electron chi connectivity index (χ1n) is 11.1. The zero-order valence-corrected chi connectivity index (χ0v) is 20.6. The molecule has 0 aliphatic carbocycles. The number of halogens is 6. The van der Waals surface area contributed by atoms with E-state index in [1.165, 1.54) is 33.4 Å². The quantitative estimate of drug-likeness (QED) is 0.193. The molecule has 0 aliphatic rings. The summed E-state index contributed by atoms with van der Waals surface area (Å²) in [5, 5.41) is -6.24. The molecular weight excluding hydrogens is 530 g/mol. The van der Waals surface area contributed by atoms with Crippen LogP contribution in [-0.4, -0.2) is 30.1 Å². The summed E-state index contributed by atoms with van der Waals surface area (Å²) in [5.74, 6) is -11.5. The smallest absolute Gasteiger partial charge is 0.281 e. The van der Waals surface area contributed by atoms with Gasteiger partial charge in [-0.3, -0.25) is 4.55 Å². The predicted octanol–water partition coefficient (Wildman–Crippen LogP) is 8.45. The molecule has 200 valence electrons. The van der Waals surface area contributed by atoms with E-state index in [0.29, 0.717) is 0 Å². The standard InChI is InChI=1S/C24H18.C4H4F6O3S/c1-4-11-19(12-5-1)22-17-10-18-23(20-13-6-2-7-14-20)24(22)21-15-8-3-9-16-21;1-2(5,6)3(7,8)4(9,10)14(11,12)13/h1-18H;1H3,(H,11,12,13). The highest BCUT2D eigenvalue weighted by atomic mass is 32.2. The highest BCUT2D eigenvalue weighted by Crippen LogP contribution is 2.47. The Labute approximate surface area is 216 Å². The topological polar surface area (TPSA) is 54.4 Å². The van der Waals surface area contributed by atoms with Crippen molar-refractivity contribution in [2.45, 2.75) is 24.0 Å². The third-order valence-electron chi connectivity index (χ3n) is 5.54. The van der Waals surface area contributed by atoms with Crippen molar-refractivity contribution in [3.63, 3.8) is 0 Å². The van der Waals surface area contributed by atoms with Crippen LogP contribution in [0.2, 0.25) is 0 Å². The molecule has 0 atom stereocenters. The molecule has 0 spiro atoms. The first kappa shape index (κ1) is 28.9. The molecule has 4 aromatic rings. The van der Waals surface area contributed by atoms with Crippen molar-refractivity contribution in [3.05, 3.63) is 109 Å². The van der Waals surface area contributed by atoms with Gasteiger partial charge in [0.1, 0.15) is 0 Å². The number of hydrogen-bond acceptors (Lipinski definition) is 2. The van der Waals surface area contributed by atoms with Crippen LogP contribution in [0, 0.1) is 0 Å². The van der Waals surface area contributed by atoms with Crippen LogP contribution >= 0.6 is 0 Å². The minimum Gasteiger partial charge on any atom is -0.281 e. The maximum absolute atomic E-state index is 12.2. The lowest BCUT2D eigenvalue weighted by Crippen LogP contribution is -2.56. The van der Waals surface area contributed by atoms with E-state index in [-0.39, 0.29) is 0 Å². The normalized spacial score (nSPS) is 12.4. The van der Waals surface area contributed by atoms with E-state index in [1.54, 1.807) is 0 Å². The number of rotatable bonds is 6. The zero-order chi connectivity index (χ0) is 28.2. The van der Waals surface area contributed by atoms with Crippen LogP contribution in [0.25, 0.3) is 33.4 Å². The molecular formula is C28H22F6O3S. The summed E-state index contributed by atoms with van der Waals surface area (Å²) in [4.78, 5) is 0. The van der Waals surface area contributed by atoms with Crippen molar-refractivity contribution >= 4 is 10.1 Å². The van der Waals surface area contributed by atoms with Crippen molar-refractivity contribution in [3.8, 4) is 33.4 Å². The van der Waals surface area contributed by atoms with Crippen LogP contribution in [0.4, 0.5) is 26.3 Å². The molecule has 10 heteroatoms. The first-order valence-corrected chi connectivity index (χ1v) is 12.5. The first-order chi connectivity index (χ1) is 17.7. The molecule has 0 unspecified atom stereocenters. The van der Waals surface area contributed by atoms with Gasteiger partial charge in [-0.1, -0.05) is 109 Å². The molecule has 0 aromatic heterocycles. The molecule has 0 fully saturated rings. The van der Waals surface area contributed by atoms with Crippen LogP contribution in [-0.2, 0) is 10.1 Å². The SMILES string of the molecule is CC(F)(F)C(F)(F)C(F)(F)S(=O)(=O)O.c1ccc(-c2cccc(-c3ccccc3)c2-c2ccccc2)cc1. The summed E-state index contributed by atoms with van der Waals surface area (Å²) in [6, 6.07) is 38.4. The van der Waals surface area contributed by atoms with E-state index in [0.717, 1.165) is 0 Å². The van der Waals surface area contributed by atoms with Gasteiger partial charge in [0.15, 0.2) is 0 Å². The summed E-state index contributed by atoms with van der Waals surface area (Å²) in [6.07, 6.45) is 0. The Kier molecular flexibility index (Phi) is 8.38. The second kappa shape index (κ2) is 11.0. The number of alkyl halides is 6. The average Bonchev–Trinajstić information content (AvgIpc) is 2.89. The maximum Gasteiger partial charge on any atom is 0.437 e. The van der Waals surface area contributed by atoms with Crippen molar-refractivity contribution in [2.24, 2.45) is 0 Å². The van der Waals surface area contributed by atoms with Crippen LogP contribution in [0.15, 0.2) is 109 Å². The van der Waals surface area contributed by atoms with E-state index >= 15 is 0 Å². The molecule has 1 N–H and O–H groups in total. The third kappa shape index (κ3) is 5.92. The predicted molar refractivity (Wildman–Crippen MR) is 135 cm³/mol. The van der Waals surface area contributed by atoms with Gasteiger partial charge in [0.05, 0.1) is 0 Å². The minimum absolute atomic E-state index is 0.591. The molecule has 0 aliphatic heterocycles. The fraction of sp³-hybridized carbons (Fsp3) is 0.143. The summed E-state index contributed by atoms with van der Waals surface area (Å²) < 4.78 is 99.6. The van der Waals surface area contributed by atoms with Crippen molar-refractivity contribution in [1.29, 1.82) is 0 Å². The lowest BCUT2D eigenvalue weighted by molar-refractivity contribution is -0.273. The fourth-order valence-electron chi connectivity index (χ4n) is 3.60. The summed E-state index contributed by atoms with van der Waals surface area (Å²) >= 11 is 0. The molecule has 4 aromatic carbocycles. The van der Waals surface area contributed by atoms with Gasteiger partial charge >= 0.3 is 27.2 Å². The molecule has 4 rings (SSSR count). The lowest BCUT2D eigenvalue weighted by Gasteiger charge is -2.28. The van der Waals surface area contributed by atoms with Gasteiger partial charge in [-0.2, -0.15) is 34.8 Å². The number of benzene rings is 4. The Morgan fingerprint density at radius 3 is 1.18 bits per heavy atom. The van der Waals surface area contributed by atoms with Crippen LogP contribution in [0.3, 0.4) is 0 Å². The van der Waals surface area contributed by atoms with Gasteiger partial charge < -0.3 is 0 Å². The van der Waals surface area contributed by atoms with Gasteiger partial charge in [0, 0.05) is 6.92 Å². The van der Waals surface area contributed by atoms with E-state index in [4.69, 9.17) is 4.55 Å². The molecule has 0 heterocycles. The van der Waals surface area contributed by atoms with Crippen LogP contribution in [0.5, 0.6) is 0 Å². The van der Waals surface area contributed by atoms with E-state index in [2.05, 4.69) is 109 Å². The Bertz CT molecular complexity index is 1400. The minimum atomic E-state index is -6.61. The van der Waals surface area contributed by atoms with Gasteiger partial charge in [-0.15, -0.1) is 0 Å². The highest BCUT2D eigenvalue weighted by Gasteiger charge is 2.75. The molecule has 0 bridgehead atoms.